The van der Waals surface area contributed by atoms with Gasteiger partial charge in [0.2, 0.25) is 17.7 Å². The van der Waals surface area contributed by atoms with Crippen molar-refractivity contribution in [3.8, 4) is 0 Å². The SMILES string of the molecule is C=C(C)CCC(=O)N(CNC(=C)CCC(=O)NCC1O[C@H]2OC3C(CO)O[C@@H](OCCCCC1C(O)C2O)C(O)C3O)CNC(=C)CCC(=O)NCC1O[C@H]2OC3C(CO)O[C@@H](OCCCCC1C(O)C2O)C(O)C3O. The number of nitrogens with one attached hydrogen (secondary N) is 4. The molecule has 12 aliphatic rings. The minimum Gasteiger partial charge on any atom is -0.394 e. The summed E-state index contributed by atoms with van der Waals surface area (Å²) in [5.74, 6) is -2.25. The first-order valence-corrected chi connectivity index (χ1v) is 26.4. The number of ether oxygens (including phenoxy) is 8. The van der Waals surface area contributed by atoms with Crippen molar-refractivity contribution in [3.63, 3.8) is 0 Å². The molecule has 26 heteroatoms. The highest BCUT2D eigenvalue weighted by molar-refractivity contribution is 5.77. The molecule has 0 aromatic rings. The molecule has 12 heterocycles. The van der Waals surface area contributed by atoms with E-state index < -0.39 is 136 Å². The lowest BCUT2D eigenvalue weighted by molar-refractivity contribution is -0.355. The predicted octanol–water partition coefficient (Wildman–Crippen LogP) is -3.74. The molecule has 12 fully saturated rings. The van der Waals surface area contributed by atoms with Crippen molar-refractivity contribution in [2.45, 2.75) is 195 Å². The maximum absolute atomic E-state index is 13.4. The molecule has 76 heavy (non-hydrogen) atoms. The van der Waals surface area contributed by atoms with Gasteiger partial charge in [-0.25, -0.2) is 0 Å². The van der Waals surface area contributed by atoms with Gasteiger partial charge in [0, 0.05) is 68.8 Å². The fourth-order valence-corrected chi connectivity index (χ4v) is 10.1. The lowest BCUT2D eigenvalue weighted by Crippen LogP contribution is -2.64. The van der Waals surface area contributed by atoms with E-state index in [1.54, 1.807) is 0 Å². The van der Waals surface area contributed by atoms with Crippen molar-refractivity contribution < 1.29 is 103 Å². The Labute approximate surface area is 442 Å². The molecule has 0 spiro atoms. The van der Waals surface area contributed by atoms with Gasteiger partial charge >= 0.3 is 0 Å². The van der Waals surface area contributed by atoms with E-state index in [-0.39, 0.29) is 89.5 Å². The second-order valence-electron chi connectivity index (χ2n) is 20.6. The fourth-order valence-electron chi connectivity index (χ4n) is 10.1. The zero-order valence-electron chi connectivity index (χ0n) is 43.2. The summed E-state index contributed by atoms with van der Waals surface area (Å²) < 4.78 is 46.5. The molecule has 0 aromatic carbocycles. The third-order valence-corrected chi connectivity index (χ3v) is 14.8. The number of carbonyl (C=O) groups is 3. The van der Waals surface area contributed by atoms with Gasteiger partial charge < -0.3 is 115 Å². The van der Waals surface area contributed by atoms with Gasteiger partial charge in [-0.15, -0.1) is 6.58 Å². The van der Waals surface area contributed by atoms with Crippen molar-refractivity contribution in [2.75, 3.05) is 52.9 Å². The highest BCUT2D eigenvalue weighted by Crippen LogP contribution is 2.36. The Hall–Kier alpha value is -3.49. The third kappa shape index (κ3) is 16.5. The van der Waals surface area contributed by atoms with Crippen LogP contribution in [0.25, 0.3) is 0 Å². The van der Waals surface area contributed by atoms with Gasteiger partial charge in [-0.05, 0) is 51.9 Å². The number of amides is 3. The molecule has 0 radical (unpaired) electrons. The lowest BCUT2D eigenvalue weighted by atomic mass is 9.84. The maximum atomic E-state index is 13.4. The first-order chi connectivity index (χ1) is 36.3. The summed E-state index contributed by atoms with van der Waals surface area (Å²) >= 11 is 0. The van der Waals surface area contributed by atoms with Gasteiger partial charge in [0.05, 0.1) is 51.0 Å². The Balaban J connectivity index is 0.957. The van der Waals surface area contributed by atoms with E-state index in [0.29, 0.717) is 56.3 Å². The van der Waals surface area contributed by atoms with Gasteiger partial charge in [-0.1, -0.05) is 31.6 Å². The van der Waals surface area contributed by atoms with Gasteiger partial charge in [-0.3, -0.25) is 14.4 Å². The number of aliphatic hydroxyl groups is 10. The van der Waals surface area contributed by atoms with Crippen LogP contribution in [0.4, 0.5) is 0 Å². The zero-order valence-corrected chi connectivity index (χ0v) is 43.2. The number of allylic oxidation sites excluding steroid dienone is 3. The molecule has 0 aliphatic carbocycles. The lowest BCUT2D eigenvalue weighted by Gasteiger charge is -2.47. The smallest absolute Gasteiger partial charge is 0.225 e. The summed E-state index contributed by atoms with van der Waals surface area (Å²) in [6.07, 6.45) is -20.7. The summed E-state index contributed by atoms with van der Waals surface area (Å²) in [6, 6.07) is 0. The Morgan fingerprint density at radius 3 is 1.26 bits per heavy atom. The average Bonchev–Trinajstić information content (AvgIpc) is 3.41. The minimum atomic E-state index is -1.59. The van der Waals surface area contributed by atoms with Crippen LogP contribution in [0, 0.1) is 11.8 Å². The molecular weight excluding hydrogens is 1010 g/mol. The van der Waals surface area contributed by atoms with Crippen LogP contribution < -0.4 is 21.3 Å². The molecule has 12 aliphatic heterocycles. The molecule has 434 valence electrons. The molecule has 16 unspecified atom stereocenters. The van der Waals surface area contributed by atoms with Crippen LogP contribution in [0.2, 0.25) is 0 Å². The van der Waals surface area contributed by atoms with Crippen LogP contribution in [0.1, 0.15) is 84.0 Å². The Kier molecular flexibility index (Phi) is 24.1. The highest BCUT2D eigenvalue weighted by Gasteiger charge is 2.53. The first-order valence-electron chi connectivity index (χ1n) is 26.4. The standard InChI is InChI=1S/C50H83N5O21/c1-25(2)11-16-36(60)55(23-53-26(3)12-14-34(58)51-19-30-28-9-5-7-17-69-47-43(67)39(63)45(32(21-56)73-47)75-49(71-30)41(65)37(28)61)24-54-27(4)13-15-35(59)52-20-31-29-10-6-8-18-70-48-44(68)40(64)46(33(22-57)74-48)76-50(72-31)42(66)38(29)62/h28-33,37-50,53-54,56-57,61-68H,1,3-24H2,2H3,(H,51,58)(H,52,59)/t28?,29?,30?,31?,32?,33?,37?,38?,39?,40?,41?,42?,43?,44?,45?,46?,47-,48-,49+,50+/m1/s1. The second-order valence-corrected chi connectivity index (χ2v) is 20.6. The summed E-state index contributed by atoms with van der Waals surface area (Å²) in [4.78, 5) is 41.3. The van der Waals surface area contributed by atoms with Gasteiger partial charge in [0.1, 0.15) is 61.0 Å². The van der Waals surface area contributed by atoms with Crippen LogP contribution in [-0.2, 0) is 52.3 Å². The quantitative estimate of drug-likeness (QED) is 0.0388. The topological polar surface area (TPSA) is 379 Å². The number of hydrogen-bond donors (Lipinski definition) is 14. The number of rotatable bonds is 21. The predicted molar refractivity (Wildman–Crippen MR) is 263 cm³/mol. The molecule has 8 bridgehead atoms. The molecule has 12 rings (SSSR count). The molecule has 14 N–H and O–H groups in total. The van der Waals surface area contributed by atoms with Gasteiger partial charge in [0.25, 0.3) is 0 Å². The number of nitrogens with zero attached hydrogens (tertiary/aromatic N) is 1. The van der Waals surface area contributed by atoms with Crippen LogP contribution in [0.15, 0.2) is 36.7 Å². The van der Waals surface area contributed by atoms with Gasteiger partial charge in [-0.2, -0.15) is 0 Å². The van der Waals surface area contributed by atoms with Crippen LogP contribution in [0.3, 0.4) is 0 Å². The third-order valence-electron chi connectivity index (χ3n) is 14.8. The van der Waals surface area contributed by atoms with Crippen molar-refractivity contribution in [2.24, 2.45) is 11.8 Å². The van der Waals surface area contributed by atoms with E-state index in [1.165, 1.54) is 4.90 Å². The van der Waals surface area contributed by atoms with Crippen LogP contribution >= 0.6 is 0 Å². The van der Waals surface area contributed by atoms with E-state index in [0.717, 1.165) is 5.57 Å². The van der Waals surface area contributed by atoms with Crippen LogP contribution in [0.5, 0.6) is 0 Å². The monoisotopic (exact) mass is 1090 g/mol. The molecule has 3 amide bonds. The zero-order chi connectivity index (χ0) is 55.2. The molecule has 0 aromatic heterocycles. The van der Waals surface area contributed by atoms with Crippen molar-refractivity contribution in [3.05, 3.63) is 36.7 Å². The van der Waals surface area contributed by atoms with E-state index in [1.807, 2.05) is 6.92 Å². The summed E-state index contributed by atoms with van der Waals surface area (Å²) in [6.45, 7) is 12.6. The minimum absolute atomic E-state index is 0.00531. The Morgan fingerprint density at radius 2 is 0.868 bits per heavy atom. The maximum Gasteiger partial charge on any atom is 0.225 e. The first kappa shape index (κ1) is 61.7. The van der Waals surface area contributed by atoms with Crippen molar-refractivity contribution >= 4 is 17.7 Å². The molecule has 12 saturated heterocycles. The van der Waals surface area contributed by atoms with Crippen molar-refractivity contribution in [1.29, 1.82) is 0 Å². The normalized spacial score (nSPS) is 38.0. The van der Waals surface area contributed by atoms with Crippen molar-refractivity contribution in [1.82, 2.24) is 26.2 Å². The summed E-state index contributed by atoms with van der Waals surface area (Å²) in [5, 5.41) is 119. The van der Waals surface area contributed by atoms with Gasteiger partial charge in [0.15, 0.2) is 25.2 Å². The Bertz CT molecular complexity index is 1790. The van der Waals surface area contributed by atoms with Crippen LogP contribution in [-0.4, -0.2) is 237 Å². The number of carbonyl (C=O) groups excluding carboxylic acids is 3. The fraction of sp³-hybridized carbons (Fsp3) is 0.820. The number of aliphatic hydroxyl groups excluding tert-OH is 10. The van der Waals surface area contributed by atoms with E-state index >= 15 is 0 Å². The van der Waals surface area contributed by atoms with E-state index in [9.17, 15) is 65.4 Å². The largest absolute Gasteiger partial charge is 0.394 e. The summed E-state index contributed by atoms with van der Waals surface area (Å²) in [7, 11) is 0. The average molecular weight is 1090 g/mol. The highest BCUT2D eigenvalue weighted by atomic mass is 16.8. The molecular formula is C50H83N5O21. The second kappa shape index (κ2) is 29.6. The molecule has 0 saturated carbocycles. The molecule has 26 nitrogen and oxygen atoms in total. The number of hydrogen-bond acceptors (Lipinski definition) is 23. The summed E-state index contributed by atoms with van der Waals surface area (Å²) in [5.41, 5.74) is 1.70. The van der Waals surface area contributed by atoms with E-state index in [4.69, 9.17) is 37.9 Å². The van der Waals surface area contributed by atoms with E-state index in [2.05, 4.69) is 41.0 Å². The Morgan fingerprint density at radius 1 is 0.474 bits per heavy atom. The molecule has 20 atom stereocenters.